The fourth-order valence-electron chi connectivity index (χ4n) is 1.92. The van der Waals surface area contributed by atoms with Gasteiger partial charge in [0.2, 0.25) is 5.89 Å². The molecule has 0 saturated carbocycles. The molecule has 3 rings (SSSR count). The standard InChI is InChI=1S/C13H12ClN3O3/c14-10-3-1-9(2-4-10)11-15-16-12(20-11)13(18)17-5-7-19-8-6-17/h1-4H,5-8H2. The zero-order valence-electron chi connectivity index (χ0n) is 10.6. The largest absolute Gasteiger partial charge is 0.412 e. The molecule has 0 aliphatic carbocycles. The van der Waals surface area contributed by atoms with Crippen LogP contribution in [0.5, 0.6) is 0 Å². The van der Waals surface area contributed by atoms with E-state index in [-0.39, 0.29) is 11.8 Å². The van der Waals surface area contributed by atoms with Crippen LogP contribution < -0.4 is 0 Å². The van der Waals surface area contributed by atoms with Crippen molar-refractivity contribution in [3.63, 3.8) is 0 Å². The lowest BCUT2D eigenvalue weighted by atomic mass is 10.2. The van der Waals surface area contributed by atoms with Crippen LogP contribution in [0.3, 0.4) is 0 Å². The number of nitrogens with zero attached hydrogens (tertiary/aromatic N) is 3. The van der Waals surface area contributed by atoms with Gasteiger partial charge in [-0.2, -0.15) is 0 Å². The summed E-state index contributed by atoms with van der Waals surface area (Å²) in [6.07, 6.45) is 0. The molecule has 1 aromatic carbocycles. The van der Waals surface area contributed by atoms with Crippen LogP contribution in [-0.4, -0.2) is 47.3 Å². The molecule has 1 aromatic heterocycles. The third-order valence-corrected chi connectivity index (χ3v) is 3.25. The van der Waals surface area contributed by atoms with Gasteiger partial charge in [-0.3, -0.25) is 4.79 Å². The zero-order chi connectivity index (χ0) is 13.9. The lowest BCUT2D eigenvalue weighted by molar-refractivity contribution is 0.0278. The predicted octanol–water partition coefficient (Wildman–Crippen LogP) is 1.86. The van der Waals surface area contributed by atoms with Crippen molar-refractivity contribution in [2.75, 3.05) is 26.3 Å². The molecule has 7 heteroatoms. The van der Waals surface area contributed by atoms with Gasteiger partial charge in [0.05, 0.1) is 13.2 Å². The molecule has 6 nitrogen and oxygen atoms in total. The van der Waals surface area contributed by atoms with Gasteiger partial charge in [0, 0.05) is 23.7 Å². The monoisotopic (exact) mass is 293 g/mol. The molecule has 1 aliphatic heterocycles. The van der Waals surface area contributed by atoms with E-state index in [2.05, 4.69) is 10.2 Å². The predicted molar refractivity (Wildman–Crippen MR) is 71.5 cm³/mol. The second kappa shape index (κ2) is 5.60. The number of hydrogen-bond acceptors (Lipinski definition) is 5. The molecule has 1 aliphatic rings. The molecule has 1 fully saturated rings. The van der Waals surface area contributed by atoms with E-state index >= 15 is 0 Å². The number of halogens is 1. The van der Waals surface area contributed by atoms with Crippen molar-refractivity contribution >= 4 is 17.5 Å². The van der Waals surface area contributed by atoms with Gasteiger partial charge in [0.1, 0.15) is 0 Å². The van der Waals surface area contributed by atoms with Crippen molar-refractivity contribution in [1.29, 1.82) is 0 Å². The summed E-state index contributed by atoms with van der Waals surface area (Å²) in [6.45, 7) is 2.14. The highest BCUT2D eigenvalue weighted by Crippen LogP contribution is 2.20. The van der Waals surface area contributed by atoms with Crippen LogP contribution in [0, 0.1) is 0 Å². The van der Waals surface area contributed by atoms with Gasteiger partial charge in [-0.25, -0.2) is 0 Å². The van der Waals surface area contributed by atoms with Crippen molar-refractivity contribution in [2.45, 2.75) is 0 Å². The van der Waals surface area contributed by atoms with Crippen LogP contribution >= 0.6 is 11.6 Å². The van der Waals surface area contributed by atoms with Gasteiger partial charge < -0.3 is 14.1 Å². The molecular weight excluding hydrogens is 282 g/mol. The molecule has 0 unspecified atom stereocenters. The zero-order valence-corrected chi connectivity index (χ0v) is 11.3. The molecule has 0 N–H and O–H groups in total. The number of morpholine rings is 1. The lowest BCUT2D eigenvalue weighted by Gasteiger charge is -2.25. The van der Waals surface area contributed by atoms with Gasteiger partial charge in [-0.15, -0.1) is 10.2 Å². The maximum absolute atomic E-state index is 12.2. The maximum atomic E-state index is 12.2. The smallest absolute Gasteiger partial charge is 0.311 e. The number of rotatable bonds is 2. The Kier molecular flexibility index (Phi) is 3.66. The quantitative estimate of drug-likeness (QED) is 0.845. The van der Waals surface area contributed by atoms with Crippen LogP contribution in [-0.2, 0) is 4.74 Å². The summed E-state index contributed by atoms with van der Waals surface area (Å²) in [6, 6.07) is 6.98. The molecule has 2 aromatic rings. The average Bonchev–Trinajstić information content (AvgIpc) is 2.98. The summed E-state index contributed by atoms with van der Waals surface area (Å²) >= 11 is 5.82. The molecule has 1 amide bonds. The molecule has 104 valence electrons. The number of ether oxygens (including phenoxy) is 1. The van der Waals surface area contributed by atoms with Crippen LogP contribution in [0.1, 0.15) is 10.7 Å². The first-order valence-electron chi connectivity index (χ1n) is 6.20. The normalized spacial score (nSPS) is 15.3. The third kappa shape index (κ3) is 2.66. The molecule has 0 bridgehead atoms. The fraction of sp³-hybridized carbons (Fsp3) is 0.308. The van der Waals surface area contributed by atoms with E-state index in [1.807, 2.05) is 0 Å². The minimum atomic E-state index is -0.263. The molecule has 2 heterocycles. The Balaban J connectivity index is 1.79. The Morgan fingerprint density at radius 2 is 1.85 bits per heavy atom. The van der Waals surface area contributed by atoms with Gasteiger partial charge in [-0.05, 0) is 24.3 Å². The molecule has 0 spiro atoms. The first kappa shape index (κ1) is 13.1. The van der Waals surface area contributed by atoms with Crippen LogP contribution in [0.4, 0.5) is 0 Å². The Labute approximate surface area is 120 Å². The van der Waals surface area contributed by atoms with E-state index in [1.165, 1.54) is 0 Å². The van der Waals surface area contributed by atoms with Gasteiger partial charge in [0.15, 0.2) is 0 Å². The highest BCUT2D eigenvalue weighted by molar-refractivity contribution is 6.30. The topological polar surface area (TPSA) is 68.5 Å². The number of amides is 1. The van der Waals surface area contributed by atoms with Gasteiger partial charge >= 0.3 is 11.8 Å². The van der Waals surface area contributed by atoms with E-state index in [9.17, 15) is 4.79 Å². The minimum absolute atomic E-state index is 0.00292. The van der Waals surface area contributed by atoms with E-state index in [0.717, 1.165) is 5.56 Å². The second-order valence-corrected chi connectivity index (χ2v) is 4.76. The lowest BCUT2D eigenvalue weighted by Crippen LogP contribution is -2.40. The van der Waals surface area contributed by atoms with Crippen LogP contribution in [0.25, 0.3) is 11.5 Å². The van der Waals surface area contributed by atoms with Crippen molar-refractivity contribution in [2.24, 2.45) is 0 Å². The number of hydrogen-bond donors (Lipinski definition) is 0. The number of benzene rings is 1. The van der Waals surface area contributed by atoms with Crippen molar-refractivity contribution in [3.8, 4) is 11.5 Å². The first-order chi connectivity index (χ1) is 9.74. The Hall–Kier alpha value is -1.92. The van der Waals surface area contributed by atoms with E-state index in [4.69, 9.17) is 20.8 Å². The summed E-state index contributed by atoms with van der Waals surface area (Å²) in [5.41, 5.74) is 0.725. The van der Waals surface area contributed by atoms with Crippen molar-refractivity contribution in [1.82, 2.24) is 15.1 Å². The Bertz CT molecular complexity index is 606. The molecule has 0 atom stereocenters. The highest BCUT2D eigenvalue weighted by Gasteiger charge is 2.24. The molecule has 20 heavy (non-hydrogen) atoms. The Morgan fingerprint density at radius 1 is 1.15 bits per heavy atom. The maximum Gasteiger partial charge on any atom is 0.311 e. The third-order valence-electron chi connectivity index (χ3n) is 3.00. The summed E-state index contributed by atoms with van der Waals surface area (Å²) in [7, 11) is 0. The minimum Gasteiger partial charge on any atom is -0.412 e. The van der Waals surface area contributed by atoms with Gasteiger partial charge in [-0.1, -0.05) is 11.6 Å². The Morgan fingerprint density at radius 3 is 2.55 bits per heavy atom. The average molecular weight is 294 g/mol. The second-order valence-electron chi connectivity index (χ2n) is 4.32. The van der Waals surface area contributed by atoms with E-state index < -0.39 is 0 Å². The summed E-state index contributed by atoms with van der Waals surface area (Å²) in [5, 5.41) is 8.32. The molecular formula is C13H12ClN3O3. The number of carbonyl (C=O) groups is 1. The number of carbonyl (C=O) groups excluding carboxylic acids is 1. The van der Waals surface area contributed by atoms with E-state index in [1.54, 1.807) is 29.2 Å². The highest BCUT2D eigenvalue weighted by atomic mass is 35.5. The first-order valence-corrected chi connectivity index (χ1v) is 6.58. The SMILES string of the molecule is O=C(c1nnc(-c2ccc(Cl)cc2)o1)N1CCOCC1. The summed E-state index contributed by atoms with van der Waals surface area (Å²) in [4.78, 5) is 13.8. The van der Waals surface area contributed by atoms with Crippen LogP contribution in [0.15, 0.2) is 28.7 Å². The fourth-order valence-corrected chi connectivity index (χ4v) is 2.05. The summed E-state index contributed by atoms with van der Waals surface area (Å²) in [5.74, 6) is 0.0381. The van der Waals surface area contributed by atoms with E-state index in [0.29, 0.717) is 37.2 Å². The van der Waals surface area contributed by atoms with Gasteiger partial charge in [0.25, 0.3) is 0 Å². The molecule has 0 radical (unpaired) electrons. The summed E-state index contributed by atoms with van der Waals surface area (Å²) < 4.78 is 10.6. The van der Waals surface area contributed by atoms with Crippen molar-refractivity contribution in [3.05, 3.63) is 35.2 Å². The number of aromatic nitrogens is 2. The van der Waals surface area contributed by atoms with Crippen LogP contribution in [0.2, 0.25) is 5.02 Å². The molecule has 1 saturated heterocycles. The van der Waals surface area contributed by atoms with Crippen molar-refractivity contribution < 1.29 is 13.9 Å².